The molecule has 0 radical (unpaired) electrons. The number of rotatable bonds is 4. The summed E-state index contributed by atoms with van der Waals surface area (Å²) in [5, 5.41) is 17.7. The molecular formula is C14H20N2. The van der Waals surface area contributed by atoms with Crippen LogP contribution < -0.4 is 0 Å². The van der Waals surface area contributed by atoms with Crippen molar-refractivity contribution in [3.05, 3.63) is 12.7 Å². The Morgan fingerprint density at radius 1 is 1.44 bits per heavy atom. The largest absolute Gasteiger partial charge is 0.198 e. The fourth-order valence-corrected chi connectivity index (χ4v) is 2.83. The van der Waals surface area contributed by atoms with Crippen LogP contribution in [-0.2, 0) is 0 Å². The summed E-state index contributed by atoms with van der Waals surface area (Å²) in [6, 6.07) is 4.58. The van der Waals surface area contributed by atoms with Crippen molar-refractivity contribution in [2.24, 2.45) is 23.7 Å². The van der Waals surface area contributed by atoms with Gasteiger partial charge in [-0.3, -0.25) is 0 Å². The van der Waals surface area contributed by atoms with Gasteiger partial charge in [0, 0.05) is 12.3 Å². The van der Waals surface area contributed by atoms with E-state index < -0.39 is 0 Å². The van der Waals surface area contributed by atoms with Crippen LogP contribution in [0.3, 0.4) is 0 Å². The Morgan fingerprint density at radius 3 is 2.75 bits per heavy atom. The van der Waals surface area contributed by atoms with Gasteiger partial charge < -0.3 is 0 Å². The molecule has 0 amide bonds. The van der Waals surface area contributed by atoms with Crippen molar-refractivity contribution >= 4 is 0 Å². The van der Waals surface area contributed by atoms with Gasteiger partial charge in [-0.1, -0.05) is 6.08 Å². The van der Waals surface area contributed by atoms with Gasteiger partial charge in [0.15, 0.2) is 0 Å². The van der Waals surface area contributed by atoms with E-state index >= 15 is 0 Å². The van der Waals surface area contributed by atoms with Gasteiger partial charge in [0.1, 0.15) is 0 Å². The molecule has 0 N–H and O–H groups in total. The molecule has 0 aliphatic heterocycles. The Bertz CT molecular complexity index is 308. The molecule has 1 saturated carbocycles. The molecule has 0 aromatic carbocycles. The van der Waals surface area contributed by atoms with Gasteiger partial charge in [0.25, 0.3) is 0 Å². The maximum atomic E-state index is 9.05. The minimum atomic E-state index is 0.103. The third-order valence-corrected chi connectivity index (χ3v) is 3.89. The van der Waals surface area contributed by atoms with Gasteiger partial charge in [-0.2, -0.15) is 10.5 Å². The van der Waals surface area contributed by atoms with E-state index in [0.717, 1.165) is 19.3 Å². The normalized spacial score (nSPS) is 31.1. The summed E-state index contributed by atoms with van der Waals surface area (Å²) in [6.07, 6.45) is 7.00. The molecule has 16 heavy (non-hydrogen) atoms. The summed E-state index contributed by atoms with van der Waals surface area (Å²) in [6.45, 7) is 5.87. The third-order valence-electron chi connectivity index (χ3n) is 3.89. The van der Waals surface area contributed by atoms with E-state index in [1.165, 1.54) is 6.42 Å². The van der Waals surface area contributed by atoms with Crippen LogP contribution in [-0.4, -0.2) is 0 Å². The van der Waals surface area contributed by atoms with Gasteiger partial charge in [-0.25, -0.2) is 0 Å². The molecule has 86 valence electrons. The molecule has 2 nitrogen and oxygen atoms in total. The van der Waals surface area contributed by atoms with E-state index in [0.29, 0.717) is 24.2 Å². The molecule has 2 heteroatoms. The summed E-state index contributed by atoms with van der Waals surface area (Å²) < 4.78 is 0. The Balaban J connectivity index is 2.65. The molecule has 1 rings (SSSR count). The Hall–Kier alpha value is -1.28. The Morgan fingerprint density at radius 2 is 2.19 bits per heavy atom. The molecule has 0 aromatic rings. The molecule has 1 fully saturated rings. The lowest BCUT2D eigenvalue weighted by Gasteiger charge is -2.36. The van der Waals surface area contributed by atoms with Crippen molar-refractivity contribution in [2.75, 3.05) is 0 Å². The Labute approximate surface area is 98.6 Å². The second kappa shape index (κ2) is 6.33. The number of nitrogens with zero attached hydrogens (tertiary/aromatic N) is 2. The van der Waals surface area contributed by atoms with Gasteiger partial charge in [0.2, 0.25) is 0 Å². The summed E-state index contributed by atoms with van der Waals surface area (Å²) in [5.41, 5.74) is 0. The van der Waals surface area contributed by atoms with Gasteiger partial charge in [0.05, 0.1) is 12.1 Å². The predicted octanol–water partition coefficient (Wildman–Crippen LogP) is 3.67. The van der Waals surface area contributed by atoms with Gasteiger partial charge in [-0.15, -0.1) is 6.58 Å². The molecule has 1 aliphatic carbocycles. The van der Waals surface area contributed by atoms with Crippen LogP contribution in [0.1, 0.15) is 39.0 Å². The lowest BCUT2D eigenvalue weighted by atomic mass is 9.68. The molecule has 1 aliphatic rings. The van der Waals surface area contributed by atoms with E-state index in [9.17, 15) is 0 Å². The fourth-order valence-electron chi connectivity index (χ4n) is 2.83. The number of hydrogen-bond donors (Lipinski definition) is 0. The van der Waals surface area contributed by atoms with Crippen LogP contribution in [0.25, 0.3) is 0 Å². The predicted molar refractivity (Wildman–Crippen MR) is 64.1 cm³/mol. The van der Waals surface area contributed by atoms with Crippen LogP contribution in [0.2, 0.25) is 0 Å². The van der Waals surface area contributed by atoms with Crippen molar-refractivity contribution in [1.82, 2.24) is 0 Å². The molecule has 0 heterocycles. The lowest BCUT2D eigenvalue weighted by Crippen LogP contribution is -2.28. The molecule has 0 bridgehead atoms. The second-order valence-electron chi connectivity index (χ2n) is 4.85. The average Bonchev–Trinajstić information content (AvgIpc) is 2.35. The quantitative estimate of drug-likeness (QED) is 0.673. The van der Waals surface area contributed by atoms with Crippen molar-refractivity contribution in [1.29, 1.82) is 10.5 Å². The van der Waals surface area contributed by atoms with Crippen molar-refractivity contribution in [3.63, 3.8) is 0 Å². The lowest BCUT2D eigenvalue weighted by molar-refractivity contribution is 0.161. The fraction of sp³-hybridized carbons (Fsp3) is 0.714. The van der Waals surface area contributed by atoms with Crippen LogP contribution in [0.5, 0.6) is 0 Å². The first kappa shape index (κ1) is 12.8. The Kier molecular flexibility index (Phi) is 5.06. The van der Waals surface area contributed by atoms with E-state index in [-0.39, 0.29) is 5.92 Å². The highest BCUT2D eigenvalue weighted by molar-refractivity contribution is 4.95. The van der Waals surface area contributed by atoms with Crippen molar-refractivity contribution in [3.8, 4) is 12.1 Å². The zero-order valence-corrected chi connectivity index (χ0v) is 10.0. The van der Waals surface area contributed by atoms with Crippen LogP contribution in [0.15, 0.2) is 12.7 Å². The number of hydrogen-bond acceptors (Lipinski definition) is 2. The molecule has 0 aromatic heterocycles. The standard InChI is InChI=1S/C14H20N2/c1-3-12-6-7-13(5-4-8-15)14(9-12)11(2)10-16/h3,11-14H,1,4-7,9H2,2H3. The third kappa shape index (κ3) is 3.11. The smallest absolute Gasteiger partial charge is 0.0655 e. The second-order valence-corrected chi connectivity index (χ2v) is 4.85. The zero-order chi connectivity index (χ0) is 12.0. The number of allylic oxidation sites excluding steroid dienone is 1. The summed E-state index contributed by atoms with van der Waals surface area (Å²) in [5.74, 6) is 1.69. The monoisotopic (exact) mass is 216 g/mol. The van der Waals surface area contributed by atoms with E-state index in [1.807, 2.05) is 13.0 Å². The first-order valence-corrected chi connectivity index (χ1v) is 6.12. The maximum Gasteiger partial charge on any atom is 0.0655 e. The summed E-state index contributed by atoms with van der Waals surface area (Å²) >= 11 is 0. The highest BCUT2D eigenvalue weighted by atomic mass is 14.4. The van der Waals surface area contributed by atoms with E-state index in [2.05, 4.69) is 18.7 Å². The summed E-state index contributed by atoms with van der Waals surface area (Å²) in [7, 11) is 0. The minimum absolute atomic E-state index is 0.103. The van der Waals surface area contributed by atoms with E-state index in [1.54, 1.807) is 0 Å². The molecule has 4 unspecified atom stereocenters. The average molecular weight is 216 g/mol. The first-order chi connectivity index (χ1) is 7.72. The maximum absolute atomic E-state index is 9.05. The van der Waals surface area contributed by atoms with Crippen molar-refractivity contribution < 1.29 is 0 Å². The summed E-state index contributed by atoms with van der Waals surface area (Å²) in [4.78, 5) is 0. The molecule has 0 spiro atoms. The first-order valence-electron chi connectivity index (χ1n) is 6.12. The minimum Gasteiger partial charge on any atom is -0.198 e. The highest BCUT2D eigenvalue weighted by Crippen LogP contribution is 2.40. The van der Waals surface area contributed by atoms with Gasteiger partial charge in [-0.05, 0) is 50.4 Å². The SMILES string of the molecule is C=CC1CCC(CCC#N)C(C(C)C#N)C1. The molecule has 4 atom stereocenters. The van der Waals surface area contributed by atoms with Crippen LogP contribution in [0, 0.1) is 46.3 Å². The highest BCUT2D eigenvalue weighted by Gasteiger charge is 2.32. The topological polar surface area (TPSA) is 47.6 Å². The zero-order valence-electron chi connectivity index (χ0n) is 10.0. The number of nitriles is 2. The van der Waals surface area contributed by atoms with E-state index in [4.69, 9.17) is 10.5 Å². The molecular weight excluding hydrogens is 196 g/mol. The van der Waals surface area contributed by atoms with Crippen LogP contribution >= 0.6 is 0 Å². The molecule has 0 saturated heterocycles. The van der Waals surface area contributed by atoms with Crippen molar-refractivity contribution in [2.45, 2.75) is 39.0 Å². The van der Waals surface area contributed by atoms with Crippen LogP contribution in [0.4, 0.5) is 0 Å². The van der Waals surface area contributed by atoms with Gasteiger partial charge >= 0.3 is 0 Å².